The fraction of sp³-hybridized carbons (Fsp3) is 0.533. The van der Waals surface area contributed by atoms with E-state index in [1.54, 1.807) is 0 Å². The second-order valence-corrected chi connectivity index (χ2v) is 5.89. The van der Waals surface area contributed by atoms with Crippen molar-refractivity contribution in [1.29, 1.82) is 0 Å². The van der Waals surface area contributed by atoms with Crippen molar-refractivity contribution < 1.29 is 13.2 Å². The third-order valence-electron chi connectivity index (χ3n) is 4.15. The molecule has 1 saturated carbocycles. The van der Waals surface area contributed by atoms with E-state index in [9.17, 15) is 13.2 Å². The summed E-state index contributed by atoms with van der Waals surface area (Å²) >= 11 is 5.80. The summed E-state index contributed by atoms with van der Waals surface area (Å²) in [5.74, 6) is 1.80. The summed E-state index contributed by atoms with van der Waals surface area (Å²) in [6, 6.07) is 4.16. The maximum Gasteiger partial charge on any atom is 0.416 e. The average molecular weight is 317 g/mol. The first-order valence-electron chi connectivity index (χ1n) is 7.09. The van der Waals surface area contributed by atoms with Gasteiger partial charge < -0.3 is 4.57 Å². The fourth-order valence-electron chi connectivity index (χ4n) is 2.94. The van der Waals surface area contributed by atoms with Crippen LogP contribution in [0.5, 0.6) is 0 Å². The van der Waals surface area contributed by atoms with E-state index in [1.165, 1.54) is 6.07 Å². The van der Waals surface area contributed by atoms with Crippen molar-refractivity contribution in [3.05, 3.63) is 29.6 Å². The Hall–Kier alpha value is -1.23. The molecule has 0 N–H and O–H groups in total. The van der Waals surface area contributed by atoms with Gasteiger partial charge in [0.1, 0.15) is 5.82 Å². The molecule has 3 rings (SSSR count). The lowest BCUT2D eigenvalue weighted by molar-refractivity contribution is -0.137. The van der Waals surface area contributed by atoms with E-state index in [1.807, 2.05) is 0 Å². The van der Waals surface area contributed by atoms with Gasteiger partial charge >= 0.3 is 6.18 Å². The number of hydrogen-bond acceptors (Lipinski definition) is 1. The minimum absolute atomic E-state index is 0.356. The summed E-state index contributed by atoms with van der Waals surface area (Å²) in [6.45, 7) is 2.13. The lowest BCUT2D eigenvalue weighted by atomic mass is 10.2. The van der Waals surface area contributed by atoms with Crippen LogP contribution in [-0.2, 0) is 12.6 Å². The van der Waals surface area contributed by atoms with Crippen molar-refractivity contribution >= 4 is 22.6 Å². The van der Waals surface area contributed by atoms with Crippen molar-refractivity contribution in [2.45, 2.75) is 38.4 Å². The number of rotatable bonds is 4. The molecule has 1 aliphatic rings. The number of aryl methyl sites for hydroxylation is 1. The number of aromatic nitrogens is 2. The smallest absolute Gasteiger partial charge is 0.325 e. The van der Waals surface area contributed by atoms with Gasteiger partial charge in [-0.25, -0.2) is 4.98 Å². The molecule has 1 aromatic heterocycles. The predicted octanol–water partition coefficient (Wildman–Crippen LogP) is 4.81. The standard InChI is InChI=1S/C15H16ClF3N2/c1-2-9-7-13(9)21-12-4-3-10(15(17,18)19)8-11(12)20-14(21)5-6-16/h3-4,8-9,13H,2,5-7H2,1H3. The second kappa shape index (κ2) is 5.20. The molecular weight excluding hydrogens is 301 g/mol. The summed E-state index contributed by atoms with van der Waals surface area (Å²) in [6.07, 6.45) is -1.62. The number of benzene rings is 1. The topological polar surface area (TPSA) is 17.8 Å². The Morgan fingerprint density at radius 1 is 1.38 bits per heavy atom. The highest BCUT2D eigenvalue weighted by Crippen LogP contribution is 2.48. The number of nitrogens with zero attached hydrogens (tertiary/aromatic N) is 2. The van der Waals surface area contributed by atoms with Crippen LogP contribution >= 0.6 is 11.6 Å². The van der Waals surface area contributed by atoms with Crippen LogP contribution in [0.25, 0.3) is 11.0 Å². The normalized spacial score (nSPS) is 22.0. The summed E-state index contributed by atoms with van der Waals surface area (Å²) in [5, 5.41) is 0. The Labute approximate surface area is 125 Å². The molecule has 0 radical (unpaired) electrons. The van der Waals surface area contributed by atoms with Gasteiger partial charge in [-0.3, -0.25) is 0 Å². The molecule has 1 aliphatic carbocycles. The van der Waals surface area contributed by atoms with Crippen LogP contribution in [0.2, 0.25) is 0 Å². The Balaban J connectivity index is 2.09. The largest absolute Gasteiger partial charge is 0.416 e. The Morgan fingerprint density at radius 2 is 2.14 bits per heavy atom. The van der Waals surface area contributed by atoms with Gasteiger partial charge in [0.2, 0.25) is 0 Å². The second-order valence-electron chi connectivity index (χ2n) is 5.51. The van der Waals surface area contributed by atoms with Crippen molar-refractivity contribution in [2.75, 3.05) is 5.88 Å². The van der Waals surface area contributed by atoms with E-state index in [2.05, 4.69) is 16.5 Å². The highest BCUT2D eigenvalue weighted by molar-refractivity contribution is 6.17. The van der Waals surface area contributed by atoms with Crippen molar-refractivity contribution in [2.24, 2.45) is 5.92 Å². The molecule has 0 amide bonds. The van der Waals surface area contributed by atoms with Crippen molar-refractivity contribution in [3.8, 4) is 0 Å². The van der Waals surface area contributed by atoms with Gasteiger partial charge in [0.15, 0.2) is 0 Å². The molecule has 1 fully saturated rings. The summed E-state index contributed by atoms with van der Waals surface area (Å²) < 4.78 is 40.5. The van der Waals surface area contributed by atoms with Gasteiger partial charge in [0, 0.05) is 18.3 Å². The van der Waals surface area contributed by atoms with Crippen LogP contribution in [0.3, 0.4) is 0 Å². The lowest BCUT2D eigenvalue weighted by Gasteiger charge is -2.09. The summed E-state index contributed by atoms with van der Waals surface area (Å²) in [7, 11) is 0. The number of alkyl halides is 4. The van der Waals surface area contributed by atoms with Crippen LogP contribution in [0.15, 0.2) is 18.2 Å². The lowest BCUT2D eigenvalue weighted by Crippen LogP contribution is -2.05. The van der Waals surface area contributed by atoms with Crippen molar-refractivity contribution in [3.63, 3.8) is 0 Å². The number of imidazole rings is 1. The minimum atomic E-state index is -4.34. The molecule has 0 bridgehead atoms. The minimum Gasteiger partial charge on any atom is -0.325 e. The van der Waals surface area contributed by atoms with Crippen molar-refractivity contribution in [1.82, 2.24) is 9.55 Å². The Bertz CT molecular complexity index is 663. The van der Waals surface area contributed by atoms with E-state index in [-0.39, 0.29) is 0 Å². The van der Waals surface area contributed by atoms with Crippen LogP contribution in [0.1, 0.15) is 37.2 Å². The zero-order valence-corrected chi connectivity index (χ0v) is 12.4. The maximum atomic E-state index is 12.8. The molecule has 0 spiro atoms. The molecular formula is C15H16ClF3N2. The molecule has 0 aliphatic heterocycles. The number of hydrogen-bond donors (Lipinski definition) is 0. The molecule has 2 unspecified atom stereocenters. The van der Waals surface area contributed by atoms with E-state index in [0.717, 1.165) is 36.3 Å². The zero-order chi connectivity index (χ0) is 15.2. The first-order chi connectivity index (χ1) is 9.95. The molecule has 2 atom stereocenters. The first-order valence-corrected chi connectivity index (χ1v) is 7.63. The summed E-state index contributed by atoms with van der Waals surface area (Å²) in [5.41, 5.74) is 0.538. The Kier molecular flexibility index (Phi) is 3.64. The summed E-state index contributed by atoms with van der Waals surface area (Å²) in [4.78, 5) is 4.39. The number of halogens is 4. The molecule has 0 saturated heterocycles. The third kappa shape index (κ3) is 2.63. The van der Waals surface area contributed by atoms with Gasteiger partial charge in [0.25, 0.3) is 0 Å². The molecule has 114 valence electrons. The molecule has 21 heavy (non-hydrogen) atoms. The van der Waals surface area contributed by atoms with E-state index in [0.29, 0.717) is 29.8 Å². The first kappa shape index (κ1) is 14.7. The highest BCUT2D eigenvalue weighted by atomic mass is 35.5. The number of fused-ring (bicyclic) bond motifs is 1. The molecule has 2 aromatic rings. The molecule has 2 nitrogen and oxygen atoms in total. The fourth-order valence-corrected chi connectivity index (χ4v) is 3.11. The van der Waals surface area contributed by atoms with Gasteiger partial charge in [-0.2, -0.15) is 13.2 Å². The van der Waals surface area contributed by atoms with E-state index in [4.69, 9.17) is 11.6 Å². The predicted molar refractivity (Wildman–Crippen MR) is 76.6 cm³/mol. The van der Waals surface area contributed by atoms with Gasteiger partial charge in [-0.1, -0.05) is 13.3 Å². The maximum absolute atomic E-state index is 12.8. The van der Waals surface area contributed by atoms with Crippen LogP contribution in [0.4, 0.5) is 13.2 Å². The van der Waals surface area contributed by atoms with Crippen LogP contribution in [0, 0.1) is 5.92 Å². The van der Waals surface area contributed by atoms with E-state index < -0.39 is 11.7 Å². The van der Waals surface area contributed by atoms with Gasteiger partial charge in [-0.15, -0.1) is 11.6 Å². The average Bonchev–Trinajstić information content (AvgIpc) is 3.11. The molecule has 1 heterocycles. The quantitative estimate of drug-likeness (QED) is 0.740. The van der Waals surface area contributed by atoms with E-state index >= 15 is 0 Å². The zero-order valence-electron chi connectivity index (χ0n) is 11.6. The third-order valence-corrected chi connectivity index (χ3v) is 4.34. The molecule has 6 heteroatoms. The monoisotopic (exact) mass is 316 g/mol. The Morgan fingerprint density at radius 3 is 2.71 bits per heavy atom. The van der Waals surface area contributed by atoms with Crippen LogP contribution in [-0.4, -0.2) is 15.4 Å². The molecule has 1 aromatic carbocycles. The highest BCUT2D eigenvalue weighted by Gasteiger charge is 2.39. The van der Waals surface area contributed by atoms with Crippen LogP contribution < -0.4 is 0 Å². The SMILES string of the molecule is CCC1CC1n1c(CCCl)nc2cc(C(F)(F)F)ccc21. The van der Waals surface area contributed by atoms with Gasteiger partial charge in [-0.05, 0) is 30.5 Å². The van der Waals surface area contributed by atoms with Gasteiger partial charge in [0.05, 0.1) is 16.6 Å².